The second-order valence-electron chi connectivity index (χ2n) is 3.80. The van der Waals surface area contributed by atoms with Gasteiger partial charge >= 0.3 is 0 Å². The van der Waals surface area contributed by atoms with E-state index in [-0.39, 0.29) is 10.6 Å². The molecule has 2 heterocycles. The Morgan fingerprint density at radius 3 is 2.78 bits per heavy atom. The Hall–Kier alpha value is -2.07. The first-order chi connectivity index (χ1) is 8.69. The van der Waals surface area contributed by atoms with Crippen molar-refractivity contribution < 1.29 is 9.15 Å². The van der Waals surface area contributed by atoms with Crippen molar-refractivity contribution in [2.75, 3.05) is 7.11 Å². The Kier molecular flexibility index (Phi) is 2.45. The van der Waals surface area contributed by atoms with Crippen molar-refractivity contribution in [2.24, 2.45) is 0 Å². The van der Waals surface area contributed by atoms with Crippen molar-refractivity contribution in [3.8, 4) is 5.75 Å². The number of hydrogen-bond acceptors (Lipinski definition) is 4. The summed E-state index contributed by atoms with van der Waals surface area (Å²) in [6.45, 7) is 0. The van der Waals surface area contributed by atoms with E-state index in [4.69, 9.17) is 20.8 Å². The highest BCUT2D eigenvalue weighted by atomic mass is 35.5. The summed E-state index contributed by atoms with van der Waals surface area (Å²) in [5.41, 5.74) is 0.772. The Balaban J connectivity index is 2.49. The van der Waals surface area contributed by atoms with E-state index in [9.17, 15) is 4.79 Å². The quantitative estimate of drug-likeness (QED) is 0.499. The van der Waals surface area contributed by atoms with Crippen LogP contribution < -0.4 is 10.2 Å². The predicted octanol–water partition coefficient (Wildman–Crippen LogP) is 3.00. The molecule has 90 valence electrons. The molecule has 0 radical (unpaired) electrons. The number of fused-ring (bicyclic) bond motifs is 2. The Morgan fingerprint density at radius 2 is 2.00 bits per heavy atom. The van der Waals surface area contributed by atoms with E-state index in [1.54, 1.807) is 25.3 Å². The van der Waals surface area contributed by atoms with Gasteiger partial charge in [0.05, 0.1) is 24.1 Å². The van der Waals surface area contributed by atoms with E-state index >= 15 is 0 Å². The molecule has 0 saturated heterocycles. The minimum atomic E-state index is -0.144. The van der Waals surface area contributed by atoms with Gasteiger partial charge in [-0.15, -0.1) is 0 Å². The SMILES string of the molecule is COc1ccc2oc3cnc(Cl)cc3c(=O)c2c1. The van der Waals surface area contributed by atoms with Crippen LogP contribution in [0.2, 0.25) is 5.15 Å². The molecular weight excluding hydrogens is 254 g/mol. The fraction of sp³-hybridized carbons (Fsp3) is 0.0769. The van der Waals surface area contributed by atoms with Crippen LogP contribution in [-0.2, 0) is 0 Å². The molecule has 0 unspecified atom stereocenters. The number of nitrogens with zero attached hydrogens (tertiary/aromatic N) is 1. The lowest BCUT2D eigenvalue weighted by molar-refractivity contribution is 0.415. The fourth-order valence-electron chi connectivity index (χ4n) is 1.84. The first-order valence-corrected chi connectivity index (χ1v) is 5.63. The minimum absolute atomic E-state index is 0.144. The first kappa shape index (κ1) is 11.0. The molecule has 0 aliphatic heterocycles. The van der Waals surface area contributed by atoms with Crippen molar-refractivity contribution in [1.82, 2.24) is 4.98 Å². The molecule has 0 bridgehead atoms. The maximum absolute atomic E-state index is 12.3. The molecule has 1 aromatic carbocycles. The van der Waals surface area contributed by atoms with Crippen LogP contribution in [0, 0.1) is 0 Å². The zero-order chi connectivity index (χ0) is 12.7. The van der Waals surface area contributed by atoms with E-state index in [0.717, 1.165) is 0 Å². The monoisotopic (exact) mass is 261 g/mol. The van der Waals surface area contributed by atoms with Crippen molar-refractivity contribution in [3.63, 3.8) is 0 Å². The van der Waals surface area contributed by atoms with Crippen LogP contribution in [-0.4, -0.2) is 12.1 Å². The van der Waals surface area contributed by atoms with Crippen molar-refractivity contribution in [1.29, 1.82) is 0 Å². The van der Waals surface area contributed by atoms with Crippen molar-refractivity contribution >= 4 is 33.5 Å². The van der Waals surface area contributed by atoms with Crippen LogP contribution in [0.3, 0.4) is 0 Å². The number of methoxy groups -OCH3 is 1. The fourth-order valence-corrected chi connectivity index (χ4v) is 2.00. The van der Waals surface area contributed by atoms with Gasteiger partial charge < -0.3 is 9.15 Å². The minimum Gasteiger partial charge on any atom is -0.497 e. The standard InChI is InChI=1S/C13H8ClNO3/c1-17-7-2-3-10-8(4-7)13(16)9-5-12(14)15-6-11(9)18-10/h2-6H,1H3. The molecule has 0 atom stereocenters. The third kappa shape index (κ3) is 1.62. The molecule has 0 amide bonds. The van der Waals surface area contributed by atoms with Gasteiger partial charge in [0.1, 0.15) is 16.5 Å². The number of benzene rings is 1. The number of aromatic nitrogens is 1. The molecule has 3 aromatic rings. The molecule has 2 aromatic heterocycles. The lowest BCUT2D eigenvalue weighted by atomic mass is 10.1. The summed E-state index contributed by atoms with van der Waals surface area (Å²) in [7, 11) is 1.55. The molecule has 5 heteroatoms. The lowest BCUT2D eigenvalue weighted by Gasteiger charge is -2.03. The second-order valence-corrected chi connectivity index (χ2v) is 4.18. The van der Waals surface area contributed by atoms with Gasteiger partial charge in [-0.05, 0) is 24.3 Å². The van der Waals surface area contributed by atoms with Crippen molar-refractivity contribution in [3.05, 3.63) is 45.8 Å². The van der Waals surface area contributed by atoms with Gasteiger partial charge in [0, 0.05) is 0 Å². The van der Waals surface area contributed by atoms with E-state index in [0.29, 0.717) is 27.7 Å². The second kappa shape index (κ2) is 3.99. The zero-order valence-corrected chi connectivity index (χ0v) is 10.2. The van der Waals surface area contributed by atoms with E-state index in [2.05, 4.69) is 4.98 Å². The number of halogens is 1. The summed E-state index contributed by atoms with van der Waals surface area (Å²) >= 11 is 5.78. The predicted molar refractivity (Wildman–Crippen MR) is 69.3 cm³/mol. The highest BCUT2D eigenvalue weighted by Crippen LogP contribution is 2.23. The normalized spacial score (nSPS) is 11.0. The van der Waals surface area contributed by atoms with Crippen LogP contribution in [0.15, 0.2) is 39.7 Å². The van der Waals surface area contributed by atoms with Crippen LogP contribution >= 0.6 is 11.6 Å². The molecule has 0 N–H and O–H groups in total. The van der Waals surface area contributed by atoms with Gasteiger partial charge in [-0.2, -0.15) is 0 Å². The maximum atomic E-state index is 12.3. The Labute approximate surface area is 107 Å². The summed E-state index contributed by atoms with van der Waals surface area (Å²) in [6, 6.07) is 6.58. The number of pyridine rings is 1. The van der Waals surface area contributed by atoms with Crippen LogP contribution in [0.1, 0.15) is 0 Å². The molecule has 0 spiro atoms. The van der Waals surface area contributed by atoms with Gasteiger partial charge in [-0.3, -0.25) is 4.79 Å². The van der Waals surface area contributed by atoms with E-state index < -0.39 is 0 Å². The topological polar surface area (TPSA) is 52.3 Å². The van der Waals surface area contributed by atoms with Gasteiger partial charge in [-0.1, -0.05) is 11.6 Å². The summed E-state index contributed by atoms with van der Waals surface area (Å²) in [6.07, 6.45) is 1.45. The third-order valence-electron chi connectivity index (χ3n) is 2.73. The zero-order valence-electron chi connectivity index (χ0n) is 9.44. The van der Waals surface area contributed by atoms with Gasteiger partial charge in [0.2, 0.25) is 5.43 Å². The van der Waals surface area contributed by atoms with E-state index in [1.165, 1.54) is 12.3 Å². The Bertz CT molecular complexity index is 810. The molecule has 3 rings (SSSR count). The maximum Gasteiger partial charge on any atom is 0.200 e. The third-order valence-corrected chi connectivity index (χ3v) is 2.94. The highest BCUT2D eigenvalue weighted by Gasteiger charge is 2.09. The van der Waals surface area contributed by atoms with Crippen LogP contribution in [0.4, 0.5) is 0 Å². The molecule has 0 fully saturated rings. The molecule has 18 heavy (non-hydrogen) atoms. The van der Waals surface area contributed by atoms with Gasteiger partial charge in [-0.25, -0.2) is 4.98 Å². The summed E-state index contributed by atoms with van der Waals surface area (Å²) in [4.78, 5) is 16.2. The molecule has 0 aliphatic carbocycles. The van der Waals surface area contributed by atoms with Gasteiger partial charge in [0.25, 0.3) is 0 Å². The molecular formula is C13H8ClNO3. The summed E-state index contributed by atoms with van der Waals surface area (Å²) in [5, 5.41) is 1.14. The summed E-state index contributed by atoms with van der Waals surface area (Å²) < 4.78 is 10.7. The number of rotatable bonds is 1. The molecule has 0 saturated carbocycles. The molecule has 4 nitrogen and oxygen atoms in total. The smallest absolute Gasteiger partial charge is 0.200 e. The van der Waals surface area contributed by atoms with Crippen LogP contribution in [0.5, 0.6) is 5.75 Å². The number of hydrogen-bond donors (Lipinski definition) is 0. The van der Waals surface area contributed by atoms with Gasteiger partial charge in [0.15, 0.2) is 5.58 Å². The van der Waals surface area contributed by atoms with E-state index in [1.807, 2.05) is 0 Å². The number of ether oxygens (including phenoxy) is 1. The average Bonchev–Trinajstić information content (AvgIpc) is 2.40. The largest absolute Gasteiger partial charge is 0.497 e. The first-order valence-electron chi connectivity index (χ1n) is 5.25. The lowest BCUT2D eigenvalue weighted by Crippen LogP contribution is -2.02. The summed E-state index contributed by atoms with van der Waals surface area (Å²) in [5.74, 6) is 0.606. The molecule has 0 aliphatic rings. The van der Waals surface area contributed by atoms with Crippen LogP contribution in [0.25, 0.3) is 21.9 Å². The Morgan fingerprint density at radius 1 is 1.22 bits per heavy atom. The highest BCUT2D eigenvalue weighted by molar-refractivity contribution is 6.30. The average molecular weight is 262 g/mol. The van der Waals surface area contributed by atoms with Crippen molar-refractivity contribution in [2.45, 2.75) is 0 Å².